The van der Waals surface area contributed by atoms with Crippen molar-refractivity contribution in [3.63, 3.8) is 0 Å². The Morgan fingerprint density at radius 2 is 1.79 bits per heavy atom. The van der Waals surface area contributed by atoms with Crippen LogP contribution in [0.5, 0.6) is 11.5 Å². The zero-order valence-corrected chi connectivity index (χ0v) is 14.7. The largest absolute Gasteiger partial charge is 0.454 e. The Morgan fingerprint density at radius 3 is 2.48 bits per heavy atom. The van der Waals surface area contributed by atoms with Crippen molar-refractivity contribution in [2.75, 3.05) is 6.79 Å². The Balaban J connectivity index is 1.86. The molecule has 0 saturated carbocycles. The van der Waals surface area contributed by atoms with Gasteiger partial charge in [-0.1, -0.05) is 36.4 Å². The van der Waals surface area contributed by atoms with Gasteiger partial charge in [0.2, 0.25) is 12.6 Å². The van der Waals surface area contributed by atoms with Gasteiger partial charge in [-0.2, -0.15) is 13.2 Å². The van der Waals surface area contributed by atoms with Crippen LogP contribution in [0.2, 0.25) is 0 Å². The van der Waals surface area contributed by atoms with Crippen LogP contribution in [0.4, 0.5) is 18.0 Å². The Hall–Kier alpha value is -3.27. The van der Waals surface area contributed by atoms with Crippen LogP contribution in [0, 0.1) is 5.92 Å². The van der Waals surface area contributed by atoms with Gasteiger partial charge in [-0.25, -0.2) is 4.79 Å². The van der Waals surface area contributed by atoms with E-state index in [9.17, 15) is 27.9 Å². The second kappa shape index (κ2) is 6.66. The first-order chi connectivity index (χ1) is 13.7. The highest BCUT2D eigenvalue weighted by Crippen LogP contribution is 2.44. The van der Waals surface area contributed by atoms with Gasteiger partial charge in [-0.3, -0.25) is 4.79 Å². The van der Waals surface area contributed by atoms with Crippen molar-refractivity contribution >= 4 is 11.8 Å². The van der Waals surface area contributed by atoms with Gasteiger partial charge in [0, 0.05) is 5.56 Å². The van der Waals surface area contributed by atoms with E-state index in [0.29, 0.717) is 5.75 Å². The zero-order chi connectivity index (χ0) is 20.8. The topological polar surface area (TPSA) is 96.9 Å². The van der Waals surface area contributed by atoms with Crippen molar-refractivity contribution in [3.8, 4) is 11.5 Å². The summed E-state index contributed by atoms with van der Waals surface area (Å²) in [7, 11) is 0. The monoisotopic (exact) mass is 408 g/mol. The van der Waals surface area contributed by atoms with E-state index in [1.807, 2.05) is 0 Å². The van der Waals surface area contributed by atoms with Crippen molar-refractivity contribution in [1.82, 2.24) is 10.6 Å². The number of carbonyl (C=O) groups excluding carboxylic acids is 2. The number of hydrogen-bond donors (Lipinski definition) is 3. The Kier molecular flexibility index (Phi) is 4.38. The highest BCUT2D eigenvalue weighted by Gasteiger charge is 2.59. The molecule has 7 nitrogen and oxygen atoms in total. The molecule has 2 aliphatic heterocycles. The first-order valence-electron chi connectivity index (χ1n) is 8.57. The molecule has 1 saturated heterocycles. The number of ether oxygens (including phenoxy) is 2. The number of ketones is 1. The lowest BCUT2D eigenvalue weighted by Crippen LogP contribution is -2.66. The molecule has 1 fully saturated rings. The van der Waals surface area contributed by atoms with E-state index in [2.05, 4.69) is 10.6 Å². The number of aliphatic hydroxyl groups is 1. The second-order valence-corrected chi connectivity index (χ2v) is 6.66. The highest BCUT2D eigenvalue weighted by molar-refractivity contribution is 5.91. The van der Waals surface area contributed by atoms with Crippen molar-refractivity contribution in [2.24, 2.45) is 5.92 Å². The molecule has 4 rings (SSSR count). The number of alkyl halides is 3. The van der Waals surface area contributed by atoms with Crippen LogP contribution < -0.4 is 20.1 Å². The van der Waals surface area contributed by atoms with Crippen LogP contribution in [0.3, 0.4) is 0 Å². The van der Waals surface area contributed by atoms with E-state index in [4.69, 9.17) is 9.47 Å². The van der Waals surface area contributed by atoms with Gasteiger partial charge in [0.1, 0.15) is 5.92 Å². The zero-order valence-electron chi connectivity index (χ0n) is 14.7. The number of urea groups is 1. The van der Waals surface area contributed by atoms with E-state index >= 15 is 0 Å². The maximum Gasteiger partial charge on any atom is 0.450 e. The maximum atomic E-state index is 13.5. The lowest BCUT2D eigenvalue weighted by molar-refractivity contribution is -0.190. The predicted octanol–water partition coefficient (Wildman–Crippen LogP) is 2.36. The van der Waals surface area contributed by atoms with Gasteiger partial charge in [0.15, 0.2) is 17.2 Å². The molecule has 29 heavy (non-hydrogen) atoms. The first-order valence-corrected chi connectivity index (χ1v) is 8.57. The van der Waals surface area contributed by atoms with Crippen molar-refractivity contribution in [3.05, 3.63) is 59.7 Å². The molecule has 3 atom stereocenters. The Bertz CT molecular complexity index is 966. The van der Waals surface area contributed by atoms with Gasteiger partial charge in [0.05, 0.1) is 6.04 Å². The molecular formula is C19H15F3N2O5. The fourth-order valence-electron chi connectivity index (χ4n) is 3.60. The third kappa shape index (κ3) is 3.25. The number of Topliss-reactive ketones (excluding diaryl/α,β-unsaturated/α-hetero) is 1. The van der Waals surface area contributed by atoms with E-state index in [1.54, 1.807) is 6.07 Å². The number of amides is 2. The maximum absolute atomic E-state index is 13.5. The second-order valence-electron chi connectivity index (χ2n) is 6.66. The van der Waals surface area contributed by atoms with Crippen LogP contribution in [-0.2, 0) is 10.5 Å². The number of rotatable bonds is 3. The molecule has 2 heterocycles. The molecule has 2 aromatic rings. The molecule has 2 amide bonds. The summed E-state index contributed by atoms with van der Waals surface area (Å²) in [4.78, 5) is 24.7. The Morgan fingerprint density at radius 1 is 1.10 bits per heavy atom. The minimum Gasteiger partial charge on any atom is -0.454 e. The average molecular weight is 408 g/mol. The number of carbonyl (C=O) groups is 2. The van der Waals surface area contributed by atoms with Crippen molar-refractivity contribution < 1.29 is 37.3 Å². The highest BCUT2D eigenvalue weighted by atomic mass is 19.4. The number of fused-ring (bicyclic) bond motifs is 1. The molecule has 0 aliphatic carbocycles. The summed E-state index contributed by atoms with van der Waals surface area (Å²) < 4.78 is 50.8. The van der Waals surface area contributed by atoms with E-state index in [0.717, 1.165) is 0 Å². The third-order valence-electron chi connectivity index (χ3n) is 4.91. The molecule has 0 aromatic heterocycles. The first kappa shape index (κ1) is 19.1. The number of hydrogen-bond acceptors (Lipinski definition) is 5. The van der Waals surface area contributed by atoms with E-state index in [-0.39, 0.29) is 23.7 Å². The molecule has 2 aliphatic rings. The fourth-order valence-corrected chi connectivity index (χ4v) is 3.60. The molecular weight excluding hydrogens is 393 g/mol. The normalized spacial score (nSPS) is 25.9. The number of benzene rings is 2. The molecule has 3 N–H and O–H groups in total. The molecule has 0 spiro atoms. The van der Waals surface area contributed by atoms with Gasteiger partial charge in [-0.05, 0) is 17.7 Å². The van der Waals surface area contributed by atoms with Crippen LogP contribution in [-0.4, -0.2) is 29.9 Å². The van der Waals surface area contributed by atoms with Gasteiger partial charge < -0.3 is 25.2 Å². The van der Waals surface area contributed by atoms with Crippen molar-refractivity contribution in [1.29, 1.82) is 0 Å². The quantitative estimate of drug-likeness (QED) is 0.725. The minimum absolute atomic E-state index is 0.0526. The lowest BCUT2D eigenvalue weighted by Gasteiger charge is -2.45. The SMILES string of the molecule is O=C1N[C@H](c2ccc3c(c2)OCO3)[C@@H](C(=O)C(F)(F)F)[C@@](O)(c2ccccc2)N1. The summed E-state index contributed by atoms with van der Waals surface area (Å²) in [6.07, 6.45) is -5.24. The van der Waals surface area contributed by atoms with Crippen LogP contribution in [0.1, 0.15) is 17.2 Å². The summed E-state index contributed by atoms with van der Waals surface area (Å²) in [5.74, 6) is -3.63. The van der Waals surface area contributed by atoms with Crippen LogP contribution >= 0.6 is 0 Å². The molecule has 0 unspecified atom stereocenters. The van der Waals surface area contributed by atoms with Crippen LogP contribution in [0.15, 0.2) is 48.5 Å². The summed E-state index contributed by atoms with van der Waals surface area (Å²) in [5, 5.41) is 15.6. The molecule has 0 radical (unpaired) electrons. The van der Waals surface area contributed by atoms with E-state index in [1.165, 1.54) is 42.5 Å². The summed E-state index contributed by atoms with van der Waals surface area (Å²) in [5.41, 5.74) is -2.48. The average Bonchev–Trinajstić information content (AvgIpc) is 3.14. The Labute approximate surface area is 162 Å². The summed E-state index contributed by atoms with van der Waals surface area (Å²) >= 11 is 0. The van der Waals surface area contributed by atoms with Crippen LogP contribution in [0.25, 0.3) is 0 Å². The molecule has 0 bridgehead atoms. The third-order valence-corrected chi connectivity index (χ3v) is 4.91. The predicted molar refractivity (Wildman–Crippen MR) is 91.9 cm³/mol. The van der Waals surface area contributed by atoms with Gasteiger partial charge >= 0.3 is 12.2 Å². The molecule has 2 aromatic carbocycles. The lowest BCUT2D eigenvalue weighted by atomic mass is 9.76. The van der Waals surface area contributed by atoms with E-state index < -0.39 is 35.7 Å². The summed E-state index contributed by atoms with van der Waals surface area (Å²) in [6.45, 7) is -0.0593. The molecule has 10 heteroatoms. The van der Waals surface area contributed by atoms with Crippen molar-refractivity contribution in [2.45, 2.75) is 17.9 Å². The fraction of sp³-hybridized carbons (Fsp3) is 0.263. The van der Waals surface area contributed by atoms with Gasteiger partial charge in [-0.15, -0.1) is 0 Å². The molecule has 152 valence electrons. The number of nitrogens with one attached hydrogen (secondary N) is 2. The number of halogens is 3. The standard InChI is InChI=1S/C19H15F3N2O5/c20-19(21,22)16(25)14-15(10-6-7-12-13(8-10)29-9-28-12)23-17(26)24-18(14,27)11-4-2-1-3-5-11/h1-8,14-15,27H,9H2,(H2,23,24,26)/t14-,15+,18-/m0/s1. The smallest absolute Gasteiger partial charge is 0.450 e. The minimum atomic E-state index is -5.24. The summed E-state index contributed by atoms with van der Waals surface area (Å²) in [6, 6.07) is 9.06. The van der Waals surface area contributed by atoms with Gasteiger partial charge in [0.25, 0.3) is 0 Å².